The van der Waals surface area contributed by atoms with Gasteiger partial charge in [0.2, 0.25) is 0 Å². The summed E-state index contributed by atoms with van der Waals surface area (Å²) in [7, 11) is 1.61. The second kappa shape index (κ2) is 4.05. The molecule has 15 heavy (non-hydrogen) atoms. The molecule has 0 aliphatic carbocycles. The molecule has 0 aliphatic heterocycles. The lowest BCUT2D eigenvalue weighted by Crippen LogP contribution is -1.84. The van der Waals surface area contributed by atoms with Crippen LogP contribution in [-0.2, 0) is 0 Å². The Morgan fingerprint density at radius 3 is 2.40 bits per heavy atom. The number of benzene rings is 2. The molecule has 0 aromatic heterocycles. The zero-order valence-electron chi connectivity index (χ0n) is 8.47. The minimum absolute atomic E-state index is 0.266. The van der Waals surface area contributed by atoms with Gasteiger partial charge in [-0.05, 0) is 23.8 Å². The largest absolute Gasteiger partial charge is 0.507 e. The lowest BCUT2D eigenvalue weighted by Gasteiger charge is -2.06. The first-order chi connectivity index (χ1) is 7.31. The number of methoxy groups -OCH3 is 1. The highest BCUT2D eigenvalue weighted by atomic mass is 16.5. The van der Waals surface area contributed by atoms with Gasteiger partial charge < -0.3 is 9.84 Å². The van der Waals surface area contributed by atoms with Crippen molar-refractivity contribution in [2.75, 3.05) is 7.11 Å². The second-order valence-electron chi connectivity index (χ2n) is 3.25. The molecule has 0 amide bonds. The molecular weight excluding hydrogens is 188 g/mol. The first-order valence-electron chi connectivity index (χ1n) is 4.73. The lowest BCUT2D eigenvalue weighted by molar-refractivity contribution is 0.412. The summed E-state index contributed by atoms with van der Waals surface area (Å²) in [6.07, 6.45) is 0. The third-order valence-electron chi connectivity index (χ3n) is 2.29. The van der Waals surface area contributed by atoms with Crippen LogP contribution in [-0.4, -0.2) is 12.2 Å². The van der Waals surface area contributed by atoms with Gasteiger partial charge in [0.05, 0.1) is 7.11 Å². The van der Waals surface area contributed by atoms with Gasteiger partial charge in [0, 0.05) is 5.56 Å². The summed E-state index contributed by atoms with van der Waals surface area (Å²) in [5, 5.41) is 9.73. The molecule has 0 spiro atoms. The van der Waals surface area contributed by atoms with Gasteiger partial charge in [-0.3, -0.25) is 0 Å². The quantitative estimate of drug-likeness (QED) is 0.807. The number of phenols is 1. The predicted octanol–water partition coefficient (Wildman–Crippen LogP) is 3.07. The molecular formula is C13H12O2. The van der Waals surface area contributed by atoms with Crippen LogP contribution in [0.5, 0.6) is 11.5 Å². The smallest absolute Gasteiger partial charge is 0.123 e. The molecule has 0 aliphatic rings. The molecule has 2 aromatic carbocycles. The van der Waals surface area contributed by atoms with Gasteiger partial charge in [-0.1, -0.05) is 30.3 Å². The van der Waals surface area contributed by atoms with Crippen LogP contribution in [0.4, 0.5) is 0 Å². The van der Waals surface area contributed by atoms with Crippen LogP contribution in [0, 0.1) is 0 Å². The van der Waals surface area contributed by atoms with Crippen molar-refractivity contribution in [1.82, 2.24) is 0 Å². The number of rotatable bonds is 2. The first-order valence-corrected chi connectivity index (χ1v) is 4.73. The molecule has 0 bridgehead atoms. The number of aromatic hydroxyl groups is 1. The maximum Gasteiger partial charge on any atom is 0.123 e. The molecule has 0 fully saturated rings. The Labute approximate surface area is 88.8 Å². The maximum atomic E-state index is 9.73. The number of hydrogen-bond acceptors (Lipinski definition) is 2. The van der Waals surface area contributed by atoms with Crippen molar-refractivity contribution in [3.05, 3.63) is 48.5 Å². The van der Waals surface area contributed by atoms with Crippen LogP contribution in [0.3, 0.4) is 0 Å². The van der Waals surface area contributed by atoms with E-state index in [2.05, 4.69) is 0 Å². The molecule has 2 heteroatoms. The Bertz CT molecular complexity index is 449. The van der Waals surface area contributed by atoms with Gasteiger partial charge in [0.25, 0.3) is 0 Å². The fourth-order valence-corrected chi connectivity index (χ4v) is 1.49. The second-order valence-corrected chi connectivity index (χ2v) is 3.25. The minimum Gasteiger partial charge on any atom is -0.507 e. The van der Waals surface area contributed by atoms with Crippen LogP contribution in [0.15, 0.2) is 48.5 Å². The molecule has 1 N–H and O–H groups in total. The molecule has 0 radical (unpaired) electrons. The van der Waals surface area contributed by atoms with Crippen LogP contribution in [0.2, 0.25) is 0 Å². The average Bonchev–Trinajstić information content (AvgIpc) is 2.31. The summed E-state index contributed by atoms with van der Waals surface area (Å²) in [5.41, 5.74) is 1.77. The van der Waals surface area contributed by atoms with E-state index in [1.807, 2.05) is 36.4 Å². The molecule has 76 valence electrons. The number of phenolic OH excluding ortho intramolecular Hbond substituents is 1. The van der Waals surface area contributed by atoms with E-state index in [1.165, 1.54) is 0 Å². The van der Waals surface area contributed by atoms with Gasteiger partial charge in [-0.25, -0.2) is 0 Å². The highest BCUT2D eigenvalue weighted by molar-refractivity contribution is 5.71. The van der Waals surface area contributed by atoms with Gasteiger partial charge in [-0.2, -0.15) is 0 Å². The Hall–Kier alpha value is -1.96. The summed E-state index contributed by atoms with van der Waals surface area (Å²) in [5.74, 6) is 1.01. The normalized spacial score (nSPS) is 9.93. The van der Waals surface area contributed by atoms with Crippen molar-refractivity contribution in [2.24, 2.45) is 0 Å². The minimum atomic E-state index is 0.266. The average molecular weight is 200 g/mol. The SMILES string of the molecule is COc1ccc(O)c(-c2ccccc2)c1. The van der Waals surface area contributed by atoms with E-state index in [0.29, 0.717) is 0 Å². The van der Waals surface area contributed by atoms with E-state index in [-0.39, 0.29) is 5.75 Å². The monoisotopic (exact) mass is 200 g/mol. The van der Waals surface area contributed by atoms with Gasteiger partial charge in [0.15, 0.2) is 0 Å². The van der Waals surface area contributed by atoms with Crippen LogP contribution < -0.4 is 4.74 Å². The van der Waals surface area contributed by atoms with E-state index >= 15 is 0 Å². The molecule has 2 nitrogen and oxygen atoms in total. The molecule has 0 unspecified atom stereocenters. The highest BCUT2D eigenvalue weighted by Gasteiger charge is 2.04. The molecule has 0 saturated heterocycles. The van der Waals surface area contributed by atoms with Gasteiger partial charge >= 0.3 is 0 Å². The van der Waals surface area contributed by atoms with Gasteiger partial charge in [-0.15, -0.1) is 0 Å². The molecule has 0 atom stereocenters. The first kappa shape index (κ1) is 9.59. The summed E-state index contributed by atoms with van der Waals surface area (Å²) >= 11 is 0. The molecule has 0 heterocycles. The Morgan fingerprint density at radius 1 is 1.00 bits per heavy atom. The van der Waals surface area contributed by atoms with Crippen molar-refractivity contribution in [2.45, 2.75) is 0 Å². The topological polar surface area (TPSA) is 29.5 Å². The third kappa shape index (κ3) is 1.94. The summed E-state index contributed by atoms with van der Waals surface area (Å²) in [6, 6.07) is 14.9. The van der Waals surface area contributed by atoms with Crippen molar-refractivity contribution in [3.63, 3.8) is 0 Å². The van der Waals surface area contributed by atoms with Crippen LogP contribution in [0.25, 0.3) is 11.1 Å². The van der Waals surface area contributed by atoms with E-state index in [4.69, 9.17) is 4.74 Å². The zero-order valence-corrected chi connectivity index (χ0v) is 8.47. The number of ether oxygens (including phenoxy) is 1. The predicted molar refractivity (Wildman–Crippen MR) is 60.1 cm³/mol. The summed E-state index contributed by atoms with van der Waals surface area (Å²) in [4.78, 5) is 0. The Morgan fingerprint density at radius 2 is 1.73 bits per heavy atom. The summed E-state index contributed by atoms with van der Waals surface area (Å²) < 4.78 is 5.12. The fraction of sp³-hybridized carbons (Fsp3) is 0.0769. The molecule has 2 rings (SSSR count). The zero-order chi connectivity index (χ0) is 10.7. The van der Waals surface area contributed by atoms with E-state index in [1.54, 1.807) is 19.2 Å². The number of hydrogen-bond donors (Lipinski definition) is 1. The molecule has 0 saturated carbocycles. The van der Waals surface area contributed by atoms with Gasteiger partial charge in [0.1, 0.15) is 11.5 Å². The third-order valence-corrected chi connectivity index (χ3v) is 2.29. The van der Waals surface area contributed by atoms with E-state index in [9.17, 15) is 5.11 Å². The lowest BCUT2D eigenvalue weighted by atomic mass is 10.0. The Kier molecular flexibility index (Phi) is 2.59. The van der Waals surface area contributed by atoms with Crippen molar-refractivity contribution in [1.29, 1.82) is 0 Å². The van der Waals surface area contributed by atoms with Crippen molar-refractivity contribution >= 4 is 0 Å². The van der Waals surface area contributed by atoms with Crippen molar-refractivity contribution in [3.8, 4) is 22.6 Å². The Balaban J connectivity index is 2.52. The van der Waals surface area contributed by atoms with Crippen LogP contribution >= 0.6 is 0 Å². The van der Waals surface area contributed by atoms with E-state index < -0.39 is 0 Å². The maximum absolute atomic E-state index is 9.73. The fourth-order valence-electron chi connectivity index (χ4n) is 1.49. The summed E-state index contributed by atoms with van der Waals surface area (Å²) in [6.45, 7) is 0. The van der Waals surface area contributed by atoms with Crippen molar-refractivity contribution < 1.29 is 9.84 Å². The van der Waals surface area contributed by atoms with Crippen LogP contribution in [0.1, 0.15) is 0 Å². The van der Waals surface area contributed by atoms with E-state index in [0.717, 1.165) is 16.9 Å². The standard InChI is InChI=1S/C13H12O2/c1-15-11-7-8-13(14)12(9-11)10-5-3-2-4-6-10/h2-9,14H,1H3. The molecule has 2 aromatic rings. The highest BCUT2D eigenvalue weighted by Crippen LogP contribution is 2.32.